The minimum atomic E-state index is -0.0565. The number of benzene rings is 2. The van der Waals surface area contributed by atoms with Crippen LogP contribution in [0.25, 0.3) is 21.8 Å². The lowest BCUT2D eigenvalue weighted by Crippen LogP contribution is -2.17. The molecule has 2 heterocycles. The number of fused-ring (bicyclic) bond motifs is 2. The first kappa shape index (κ1) is 17.8. The van der Waals surface area contributed by atoms with Crippen LogP contribution in [0.15, 0.2) is 42.7 Å². The monoisotopic (exact) mass is 386 g/mol. The molecule has 6 nitrogen and oxygen atoms in total. The fraction of sp³-hybridized carbons (Fsp3) is 0.304. The number of ether oxygens (including phenoxy) is 1. The average molecular weight is 386 g/mol. The van der Waals surface area contributed by atoms with E-state index in [-0.39, 0.29) is 24.5 Å². The summed E-state index contributed by atoms with van der Waals surface area (Å²) in [5.41, 5.74) is 4.70. The van der Waals surface area contributed by atoms with Crippen molar-refractivity contribution in [3.8, 4) is 11.8 Å². The molecule has 6 heteroatoms. The molecule has 0 aliphatic heterocycles. The maximum absolute atomic E-state index is 9.77. The van der Waals surface area contributed by atoms with Crippen LogP contribution >= 0.6 is 0 Å². The number of H-pyrrole nitrogens is 1. The Kier molecular flexibility index (Phi) is 4.07. The van der Waals surface area contributed by atoms with E-state index in [1.165, 1.54) is 0 Å². The van der Waals surface area contributed by atoms with E-state index in [9.17, 15) is 10.4 Å². The molecule has 1 saturated carbocycles. The van der Waals surface area contributed by atoms with Crippen molar-refractivity contribution in [2.45, 2.75) is 19.4 Å². The van der Waals surface area contributed by atoms with Crippen molar-refractivity contribution in [3.63, 3.8) is 0 Å². The molecule has 29 heavy (non-hydrogen) atoms. The molecule has 0 radical (unpaired) electrons. The Morgan fingerprint density at radius 3 is 2.97 bits per heavy atom. The first-order valence-electron chi connectivity index (χ1n) is 9.79. The lowest BCUT2D eigenvalue weighted by atomic mass is 9.94. The predicted octanol–water partition coefficient (Wildman–Crippen LogP) is 3.92. The van der Waals surface area contributed by atoms with Gasteiger partial charge in [-0.25, -0.2) is 0 Å². The van der Waals surface area contributed by atoms with E-state index >= 15 is 0 Å². The Morgan fingerprint density at radius 1 is 1.38 bits per heavy atom. The molecule has 0 saturated heterocycles. The van der Waals surface area contributed by atoms with E-state index in [2.05, 4.69) is 30.1 Å². The fourth-order valence-corrected chi connectivity index (χ4v) is 4.53. The molecule has 0 amide bonds. The summed E-state index contributed by atoms with van der Waals surface area (Å²) in [5.74, 6) is 1.36. The normalized spacial score (nSPS) is 19.4. The van der Waals surface area contributed by atoms with Gasteiger partial charge in [-0.3, -0.25) is 4.68 Å². The van der Waals surface area contributed by atoms with Crippen molar-refractivity contribution in [3.05, 3.63) is 59.4 Å². The van der Waals surface area contributed by atoms with Crippen molar-refractivity contribution < 1.29 is 9.84 Å². The number of hydrogen-bond acceptors (Lipinski definition) is 4. The van der Waals surface area contributed by atoms with Crippen LogP contribution in [0.5, 0.6) is 5.75 Å². The minimum Gasteiger partial charge on any atom is -0.496 e. The number of nitrogens with one attached hydrogen (secondary N) is 1. The van der Waals surface area contributed by atoms with Gasteiger partial charge in [-0.1, -0.05) is 0 Å². The third-order valence-electron chi connectivity index (χ3n) is 6.12. The van der Waals surface area contributed by atoms with E-state index in [1.54, 1.807) is 7.11 Å². The lowest BCUT2D eigenvalue weighted by molar-refractivity contribution is 0.260. The molecule has 4 aromatic rings. The number of methoxy groups -OCH3 is 1. The lowest BCUT2D eigenvalue weighted by Gasteiger charge is -2.23. The van der Waals surface area contributed by atoms with E-state index in [0.29, 0.717) is 5.56 Å². The van der Waals surface area contributed by atoms with Gasteiger partial charge in [0.05, 0.1) is 30.3 Å². The Labute approximate surface area is 168 Å². The highest BCUT2D eigenvalue weighted by atomic mass is 16.5. The summed E-state index contributed by atoms with van der Waals surface area (Å²) in [6.45, 7) is 2.24. The van der Waals surface area contributed by atoms with Crippen molar-refractivity contribution in [2.75, 3.05) is 13.7 Å². The van der Waals surface area contributed by atoms with E-state index in [4.69, 9.17) is 9.84 Å². The fourth-order valence-electron chi connectivity index (χ4n) is 4.53. The van der Waals surface area contributed by atoms with Crippen molar-refractivity contribution in [1.29, 1.82) is 5.26 Å². The summed E-state index contributed by atoms with van der Waals surface area (Å²) in [6.07, 6.45) is 4.93. The van der Waals surface area contributed by atoms with Gasteiger partial charge >= 0.3 is 0 Å². The molecule has 2 aromatic carbocycles. The van der Waals surface area contributed by atoms with Gasteiger partial charge in [0.25, 0.3) is 0 Å². The highest BCUT2D eigenvalue weighted by molar-refractivity contribution is 5.89. The Balaban J connectivity index is 1.74. The molecule has 3 unspecified atom stereocenters. The zero-order chi connectivity index (χ0) is 20.1. The number of rotatable bonds is 5. The van der Waals surface area contributed by atoms with Crippen LogP contribution < -0.4 is 4.74 Å². The van der Waals surface area contributed by atoms with Crippen LogP contribution in [-0.4, -0.2) is 33.6 Å². The number of aryl methyl sites for hydroxylation is 1. The van der Waals surface area contributed by atoms with E-state index in [1.807, 2.05) is 35.3 Å². The third-order valence-corrected chi connectivity index (χ3v) is 6.12. The second-order valence-corrected chi connectivity index (χ2v) is 7.86. The molecule has 1 aliphatic carbocycles. The molecule has 3 atom stereocenters. The summed E-state index contributed by atoms with van der Waals surface area (Å²) in [6, 6.07) is 11.8. The van der Waals surface area contributed by atoms with E-state index in [0.717, 1.165) is 45.1 Å². The molecule has 5 rings (SSSR count). The minimum absolute atomic E-state index is 0.0565. The topological polar surface area (TPSA) is 86.9 Å². The second-order valence-electron chi connectivity index (χ2n) is 7.86. The van der Waals surface area contributed by atoms with Gasteiger partial charge in [-0.15, -0.1) is 0 Å². The third kappa shape index (κ3) is 2.78. The number of aromatic amines is 1. The molecule has 0 spiro atoms. The van der Waals surface area contributed by atoms with Crippen LogP contribution in [0.2, 0.25) is 0 Å². The Morgan fingerprint density at radius 2 is 2.24 bits per heavy atom. The van der Waals surface area contributed by atoms with Gasteiger partial charge in [-0.05, 0) is 61.1 Å². The van der Waals surface area contributed by atoms with Gasteiger partial charge in [0.1, 0.15) is 5.75 Å². The summed E-state index contributed by atoms with van der Waals surface area (Å²) in [4.78, 5) is 3.34. The van der Waals surface area contributed by atoms with Gasteiger partial charge in [0.2, 0.25) is 0 Å². The maximum Gasteiger partial charge on any atom is 0.125 e. The maximum atomic E-state index is 9.77. The number of aromatic nitrogens is 3. The smallest absolute Gasteiger partial charge is 0.125 e. The van der Waals surface area contributed by atoms with E-state index < -0.39 is 0 Å². The van der Waals surface area contributed by atoms with Crippen LogP contribution in [0.1, 0.15) is 29.2 Å². The zero-order valence-electron chi connectivity index (χ0n) is 16.4. The number of nitriles is 1. The highest BCUT2D eigenvalue weighted by Gasteiger charge is 2.46. The second kappa shape index (κ2) is 6.64. The van der Waals surface area contributed by atoms with Crippen LogP contribution in [0, 0.1) is 30.1 Å². The van der Waals surface area contributed by atoms with Crippen molar-refractivity contribution in [1.82, 2.24) is 14.8 Å². The van der Waals surface area contributed by atoms with Gasteiger partial charge < -0.3 is 14.8 Å². The number of hydrogen-bond donors (Lipinski definition) is 2. The first-order valence-corrected chi connectivity index (χ1v) is 9.79. The molecule has 146 valence electrons. The highest BCUT2D eigenvalue weighted by Crippen LogP contribution is 2.52. The summed E-state index contributed by atoms with van der Waals surface area (Å²) >= 11 is 0. The predicted molar refractivity (Wildman–Crippen MR) is 111 cm³/mol. The van der Waals surface area contributed by atoms with Crippen molar-refractivity contribution in [2.24, 2.45) is 11.8 Å². The largest absolute Gasteiger partial charge is 0.496 e. The number of nitrogens with zero attached hydrogens (tertiary/aromatic N) is 3. The number of aliphatic hydroxyl groups excluding tert-OH is 1. The van der Waals surface area contributed by atoms with Gasteiger partial charge in [0, 0.05) is 40.9 Å². The molecule has 1 aliphatic rings. The van der Waals surface area contributed by atoms with Crippen LogP contribution in [0.4, 0.5) is 0 Å². The Hall–Kier alpha value is -3.30. The Bertz CT molecular complexity index is 1260. The van der Waals surface area contributed by atoms with Crippen LogP contribution in [0.3, 0.4) is 0 Å². The SMILES string of the molecule is COc1cc(C)c2[nH]ccc2c1C(C1CC1CO)n1cc2ccc(C#N)cc2n1. The molecule has 2 N–H and O–H groups in total. The molecular formula is C23H22N4O2. The molecular weight excluding hydrogens is 364 g/mol. The quantitative estimate of drug-likeness (QED) is 0.544. The summed E-state index contributed by atoms with van der Waals surface area (Å²) in [5, 5.41) is 25.9. The summed E-state index contributed by atoms with van der Waals surface area (Å²) in [7, 11) is 1.70. The van der Waals surface area contributed by atoms with Crippen LogP contribution in [-0.2, 0) is 0 Å². The van der Waals surface area contributed by atoms with Crippen molar-refractivity contribution >= 4 is 21.8 Å². The first-order chi connectivity index (χ1) is 14.1. The average Bonchev–Trinajstić information content (AvgIpc) is 3.13. The summed E-state index contributed by atoms with van der Waals surface area (Å²) < 4.78 is 7.79. The standard InChI is InChI=1S/C23H22N4O2/c1-13-7-20(29-2)21(17-5-6-25-22(13)17)23(18-9-16(18)12-28)27-11-15-4-3-14(10-24)8-19(15)26-27/h3-8,11,16,18,23,25,28H,9,12H2,1-2H3. The molecule has 0 bridgehead atoms. The van der Waals surface area contributed by atoms with Gasteiger partial charge in [0.15, 0.2) is 0 Å². The zero-order valence-corrected chi connectivity index (χ0v) is 16.4. The molecule has 2 aromatic heterocycles. The number of aliphatic hydroxyl groups is 1. The molecule has 1 fully saturated rings. The van der Waals surface area contributed by atoms with Gasteiger partial charge in [-0.2, -0.15) is 10.4 Å².